The summed E-state index contributed by atoms with van der Waals surface area (Å²) in [7, 11) is 1.38. The first-order valence-corrected chi connectivity index (χ1v) is 7.23. The fourth-order valence-electron chi connectivity index (χ4n) is 2.54. The molecule has 0 aliphatic carbocycles. The van der Waals surface area contributed by atoms with Crippen molar-refractivity contribution in [3.63, 3.8) is 0 Å². The van der Waals surface area contributed by atoms with Gasteiger partial charge in [0.05, 0.1) is 7.11 Å². The van der Waals surface area contributed by atoms with Crippen molar-refractivity contribution in [2.45, 2.75) is 18.9 Å². The van der Waals surface area contributed by atoms with Crippen molar-refractivity contribution in [2.24, 2.45) is 11.7 Å². The molecular weight excluding hydrogens is 308 g/mol. The van der Waals surface area contributed by atoms with Gasteiger partial charge in [0.1, 0.15) is 6.04 Å². The third kappa shape index (κ3) is 3.70. The molecule has 1 aromatic rings. The summed E-state index contributed by atoms with van der Waals surface area (Å²) in [6, 6.07) is 7.77. The molecule has 0 aromatic heterocycles. The lowest BCUT2D eigenvalue weighted by molar-refractivity contribution is -0.142. The third-order valence-electron chi connectivity index (χ3n) is 3.55. The van der Waals surface area contributed by atoms with E-state index in [4.69, 9.17) is 5.73 Å². The number of anilines is 1. The fourth-order valence-corrected chi connectivity index (χ4v) is 2.93. The number of rotatable bonds is 4. The molecule has 0 bridgehead atoms. The van der Waals surface area contributed by atoms with Gasteiger partial charge in [-0.3, -0.25) is 4.79 Å². The van der Waals surface area contributed by atoms with Gasteiger partial charge in [-0.1, -0.05) is 22.0 Å². The lowest BCUT2D eigenvalue weighted by Crippen LogP contribution is -2.34. The van der Waals surface area contributed by atoms with Crippen LogP contribution in [0.4, 0.5) is 5.69 Å². The van der Waals surface area contributed by atoms with Crippen molar-refractivity contribution in [1.29, 1.82) is 0 Å². The van der Waals surface area contributed by atoms with Gasteiger partial charge in [0, 0.05) is 23.2 Å². The number of esters is 1. The molecule has 1 aliphatic rings. The molecule has 4 nitrogen and oxygen atoms in total. The van der Waals surface area contributed by atoms with Crippen LogP contribution in [0.15, 0.2) is 28.7 Å². The molecule has 0 spiro atoms. The van der Waals surface area contributed by atoms with E-state index in [1.165, 1.54) is 12.8 Å². The summed E-state index contributed by atoms with van der Waals surface area (Å²) in [6.45, 7) is 1.95. The number of benzene rings is 1. The normalized spacial score (nSPS) is 20.4. The maximum absolute atomic E-state index is 11.3. The van der Waals surface area contributed by atoms with Crippen molar-refractivity contribution in [1.82, 2.24) is 0 Å². The van der Waals surface area contributed by atoms with Gasteiger partial charge in [-0.2, -0.15) is 0 Å². The molecule has 104 valence electrons. The van der Waals surface area contributed by atoms with Gasteiger partial charge in [-0.15, -0.1) is 0 Å². The molecule has 1 aliphatic heterocycles. The molecule has 1 fully saturated rings. The Kier molecular flexibility index (Phi) is 4.82. The number of ether oxygens (including phenoxy) is 1. The van der Waals surface area contributed by atoms with Crippen LogP contribution in [0.2, 0.25) is 0 Å². The molecule has 1 aromatic carbocycles. The van der Waals surface area contributed by atoms with Crippen LogP contribution in [-0.2, 0) is 9.53 Å². The second-order valence-corrected chi connectivity index (χ2v) is 5.86. The van der Waals surface area contributed by atoms with Crippen LogP contribution in [-0.4, -0.2) is 32.2 Å². The molecule has 0 radical (unpaired) electrons. The van der Waals surface area contributed by atoms with Gasteiger partial charge in [0.15, 0.2) is 0 Å². The Morgan fingerprint density at radius 1 is 1.63 bits per heavy atom. The molecule has 2 unspecified atom stereocenters. The monoisotopic (exact) mass is 326 g/mol. The summed E-state index contributed by atoms with van der Waals surface area (Å²) in [6.07, 6.45) is 1.76. The van der Waals surface area contributed by atoms with Crippen LogP contribution in [0.5, 0.6) is 0 Å². The summed E-state index contributed by atoms with van der Waals surface area (Å²) in [5.74, 6) is 0.133. The van der Waals surface area contributed by atoms with Gasteiger partial charge in [-0.05, 0) is 37.0 Å². The SMILES string of the molecule is COC(=O)C(N)CC1CCN(c2cccc(Br)c2)C1. The van der Waals surface area contributed by atoms with E-state index >= 15 is 0 Å². The van der Waals surface area contributed by atoms with E-state index in [1.807, 2.05) is 12.1 Å². The predicted octanol–water partition coefficient (Wildman–Crippen LogP) is 2.17. The first-order chi connectivity index (χ1) is 9.10. The number of nitrogens with two attached hydrogens (primary N) is 1. The Labute approximate surface area is 122 Å². The highest BCUT2D eigenvalue weighted by Gasteiger charge is 2.27. The minimum atomic E-state index is -0.502. The zero-order valence-electron chi connectivity index (χ0n) is 11.0. The molecular formula is C14H19BrN2O2. The molecule has 0 saturated carbocycles. The number of carbonyl (C=O) groups is 1. The predicted molar refractivity (Wildman–Crippen MR) is 79.1 cm³/mol. The van der Waals surface area contributed by atoms with E-state index in [0.29, 0.717) is 12.3 Å². The second-order valence-electron chi connectivity index (χ2n) is 4.95. The van der Waals surface area contributed by atoms with Crippen molar-refractivity contribution in [3.8, 4) is 0 Å². The Balaban J connectivity index is 1.91. The van der Waals surface area contributed by atoms with Gasteiger partial charge in [0.2, 0.25) is 0 Å². The van der Waals surface area contributed by atoms with E-state index in [-0.39, 0.29) is 5.97 Å². The molecule has 2 rings (SSSR count). The van der Waals surface area contributed by atoms with Gasteiger partial charge in [-0.25, -0.2) is 0 Å². The van der Waals surface area contributed by atoms with E-state index < -0.39 is 6.04 Å². The van der Waals surface area contributed by atoms with Crippen LogP contribution in [0, 0.1) is 5.92 Å². The van der Waals surface area contributed by atoms with E-state index in [0.717, 1.165) is 24.0 Å². The van der Waals surface area contributed by atoms with Crippen LogP contribution >= 0.6 is 15.9 Å². The summed E-state index contributed by atoms with van der Waals surface area (Å²) < 4.78 is 5.75. The largest absolute Gasteiger partial charge is 0.468 e. The Morgan fingerprint density at radius 3 is 3.11 bits per heavy atom. The maximum Gasteiger partial charge on any atom is 0.322 e. The van der Waals surface area contributed by atoms with Gasteiger partial charge < -0.3 is 15.4 Å². The summed E-state index contributed by atoms with van der Waals surface area (Å²) >= 11 is 3.49. The molecule has 1 heterocycles. The Morgan fingerprint density at radius 2 is 2.42 bits per heavy atom. The smallest absolute Gasteiger partial charge is 0.322 e. The number of hydrogen-bond acceptors (Lipinski definition) is 4. The molecule has 2 atom stereocenters. The highest BCUT2D eigenvalue weighted by Crippen LogP contribution is 2.28. The van der Waals surface area contributed by atoms with Crippen molar-refractivity contribution < 1.29 is 9.53 Å². The number of carbonyl (C=O) groups excluding carboxylic acids is 1. The molecule has 5 heteroatoms. The van der Waals surface area contributed by atoms with Gasteiger partial charge in [0.25, 0.3) is 0 Å². The van der Waals surface area contributed by atoms with Crippen molar-refractivity contribution in [3.05, 3.63) is 28.7 Å². The minimum Gasteiger partial charge on any atom is -0.468 e. The maximum atomic E-state index is 11.3. The first kappa shape index (κ1) is 14.3. The second kappa shape index (κ2) is 6.39. The minimum absolute atomic E-state index is 0.319. The van der Waals surface area contributed by atoms with Crippen LogP contribution in [0.1, 0.15) is 12.8 Å². The van der Waals surface area contributed by atoms with E-state index in [2.05, 4.69) is 37.7 Å². The molecule has 2 N–H and O–H groups in total. The summed E-state index contributed by atoms with van der Waals surface area (Å²) in [4.78, 5) is 13.7. The number of methoxy groups -OCH3 is 1. The summed E-state index contributed by atoms with van der Waals surface area (Å²) in [5, 5.41) is 0. The Hall–Kier alpha value is -1.07. The zero-order chi connectivity index (χ0) is 13.8. The zero-order valence-corrected chi connectivity index (χ0v) is 12.6. The lowest BCUT2D eigenvalue weighted by atomic mass is 10.00. The van der Waals surface area contributed by atoms with Crippen LogP contribution in [0.3, 0.4) is 0 Å². The van der Waals surface area contributed by atoms with Crippen LogP contribution in [0.25, 0.3) is 0 Å². The van der Waals surface area contributed by atoms with E-state index in [9.17, 15) is 4.79 Å². The molecule has 19 heavy (non-hydrogen) atoms. The van der Waals surface area contributed by atoms with Crippen LogP contribution < -0.4 is 10.6 Å². The highest BCUT2D eigenvalue weighted by molar-refractivity contribution is 9.10. The average molecular weight is 327 g/mol. The van der Waals surface area contributed by atoms with E-state index in [1.54, 1.807) is 0 Å². The topological polar surface area (TPSA) is 55.6 Å². The quantitative estimate of drug-likeness (QED) is 0.861. The highest BCUT2D eigenvalue weighted by atomic mass is 79.9. The lowest BCUT2D eigenvalue weighted by Gasteiger charge is -2.19. The van der Waals surface area contributed by atoms with Crippen molar-refractivity contribution >= 4 is 27.6 Å². The third-order valence-corrected chi connectivity index (χ3v) is 4.04. The standard InChI is InChI=1S/C14H19BrN2O2/c1-19-14(18)13(16)7-10-5-6-17(9-10)12-4-2-3-11(15)8-12/h2-4,8,10,13H,5-7,9,16H2,1H3. The number of halogens is 1. The average Bonchev–Trinajstić information content (AvgIpc) is 2.86. The van der Waals surface area contributed by atoms with Gasteiger partial charge >= 0.3 is 5.97 Å². The first-order valence-electron chi connectivity index (χ1n) is 6.44. The number of hydrogen-bond donors (Lipinski definition) is 1. The Bertz CT molecular complexity index is 453. The molecule has 1 saturated heterocycles. The summed E-state index contributed by atoms with van der Waals surface area (Å²) in [5.41, 5.74) is 7.03. The fraction of sp³-hybridized carbons (Fsp3) is 0.500. The molecule has 0 amide bonds. The van der Waals surface area contributed by atoms with Crippen molar-refractivity contribution in [2.75, 3.05) is 25.1 Å². The number of nitrogens with zero attached hydrogens (tertiary/aromatic N) is 1.